The maximum Gasteiger partial charge on any atom is 0.274 e. The molecule has 1 unspecified atom stereocenters. The molecule has 3 rings (SSSR count). The number of amides is 1. The third-order valence-corrected chi connectivity index (χ3v) is 4.49. The largest absolute Gasteiger partial charge is 0.497 e. The number of aliphatic hydroxyl groups excluding tert-OH is 1. The van der Waals surface area contributed by atoms with E-state index >= 15 is 0 Å². The Hall–Kier alpha value is -2.34. The molecule has 2 heterocycles. The number of hydrogen-bond donors (Lipinski definition) is 2. The zero-order valence-corrected chi connectivity index (χ0v) is 14.1. The number of methoxy groups -OCH3 is 1. The second-order valence-corrected chi connectivity index (χ2v) is 6.23. The normalized spacial score (nSPS) is 17.8. The zero-order valence-electron chi connectivity index (χ0n) is 14.1. The van der Waals surface area contributed by atoms with Crippen LogP contribution in [0.5, 0.6) is 5.75 Å². The van der Waals surface area contributed by atoms with E-state index in [1.807, 2.05) is 31.2 Å². The van der Waals surface area contributed by atoms with Crippen molar-refractivity contribution in [2.75, 3.05) is 26.8 Å². The number of aromatic amines is 1. The number of rotatable bonds is 4. The Labute approximate surface area is 141 Å². The molecule has 1 fully saturated rings. The molecule has 1 saturated heterocycles. The molecule has 2 N–H and O–H groups in total. The predicted octanol–water partition coefficient (Wildman–Crippen LogP) is 2.24. The summed E-state index contributed by atoms with van der Waals surface area (Å²) in [6.07, 6.45) is 1.89. The second kappa shape index (κ2) is 7.05. The van der Waals surface area contributed by atoms with Crippen LogP contribution in [0.4, 0.5) is 0 Å². The minimum absolute atomic E-state index is 0.0731. The van der Waals surface area contributed by atoms with Gasteiger partial charge in [-0.25, -0.2) is 4.98 Å². The first-order valence-electron chi connectivity index (χ1n) is 8.23. The van der Waals surface area contributed by atoms with Crippen LogP contribution >= 0.6 is 0 Å². The fraction of sp³-hybridized carbons (Fsp3) is 0.444. The summed E-state index contributed by atoms with van der Waals surface area (Å²) in [5, 5.41) is 9.35. The monoisotopic (exact) mass is 329 g/mol. The van der Waals surface area contributed by atoms with Gasteiger partial charge in [-0.1, -0.05) is 12.1 Å². The lowest BCUT2D eigenvalue weighted by molar-refractivity contribution is 0.0615. The van der Waals surface area contributed by atoms with Crippen molar-refractivity contribution >= 4 is 5.91 Å². The molecule has 24 heavy (non-hydrogen) atoms. The highest BCUT2D eigenvalue weighted by Crippen LogP contribution is 2.24. The zero-order chi connectivity index (χ0) is 17.1. The molecule has 1 aliphatic rings. The topological polar surface area (TPSA) is 78.4 Å². The summed E-state index contributed by atoms with van der Waals surface area (Å²) in [7, 11) is 1.62. The summed E-state index contributed by atoms with van der Waals surface area (Å²) in [6.45, 7) is 3.29. The molecule has 6 nitrogen and oxygen atoms in total. The number of benzene rings is 1. The number of aromatic nitrogens is 2. The number of aliphatic hydroxyl groups is 1. The summed E-state index contributed by atoms with van der Waals surface area (Å²) in [4.78, 5) is 22.3. The van der Waals surface area contributed by atoms with E-state index < -0.39 is 0 Å². The molecule has 1 aromatic heterocycles. The predicted molar refractivity (Wildman–Crippen MR) is 91.0 cm³/mol. The molecule has 1 amide bonds. The van der Waals surface area contributed by atoms with Crippen LogP contribution in [0.25, 0.3) is 11.4 Å². The number of ether oxygens (including phenoxy) is 1. The average Bonchev–Trinajstić information content (AvgIpc) is 3.03. The van der Waals surface area contributed by atoms with Crippen molar-refractivity contribution in [1.82, 2.24) is 14.9 Å². The lowest BCUT2D eigenvalue weighted by Crippen LogP contribution is -2.41. The Balaban J connectivity index is 1.84. The van der Waals surface area contributed by atoms with E-state index in [0.29, 0.717) is 18.1 Å². The Morgan fingerprint density at radius 3 is 3.08 bits per heavy atom. The van der Waals surface area contributed by atoms with Crippen LogP contribution in [-0.2, 0) is 0 Å². The number of nitrogens with zero attached hydrogens (tertiary/aromatic N) is 2. The van der Waals surface area contributed by atoms with Crippen molar-refractivity contribution in [3.63, 3.8) is 0 Å². The van der Waals surface area contributed by atoms with Crippen molar-refractivity contribution in [2.45, 2.75) is 19.8 Å². The average molecular weight is 329 g/mol. The number of hydrogen-bond acceptors (Lipinski definition) is 4. The van der Waals surface area contributed by atoms with E-state index in [0.717, 1.165) is 36.4 Å². The van der Waals surface area contributed by atoms with Crippen LogP contribution < -0.4 is 4.74 Å². The Bertz CT molecular complexity index is 726. The molecule has 6 heteroatoms. The van der Waals surface area contributed by atoms with Gasteiger partial charge < -0.3 is 19.7 Å². The molecule has 1 atom stereocenters. The molecule has 0 radical (unpaired) electrons. The minimum atomic E-state index is -0.0731. The fourth-order valence-electron chi connectivity index (χ4n) is 3.12. The number of nitrogens with one attached hydrogen (secondary N) is 1. The van der Waals surface area contributed by atoms with Gasteiger partial charge >= 0.3 is 0 Å². The van der Waals surface area contributed by atoms with Crippen LogP contribution in [0, 0.1) is 12.8 Å². The van der Waals surface area contributed by atoms with E-state index in [1.54, 1.807) is 12.0 Å². The Kier molecular flexibility index (Phi) is 4.85. The smallest absolute Gasteiger partial charge is 0.274 e. The first-order chi connectivity index (χ1) is 11.6. The fourth-order valence-corrected chi connectivity index (χ4v) is 3.12. The number of carbonyl (C=O) groups is 1. The SMILES string of the molecule is COc1cccc(-c2nc(C(=O)N3CCCC(CO)C3)c(C)[nH]2)c1. The summed E-state index contributed by atoms with van der Waals surface area (Å²) < 4.78 is 5.24. The lowest BCUT2D eigenvalue weighted by Gasteiger charge is -2.31. The molecule has 1 aromatic carbocycles. The number of carbonyl (C=O) groups excluding carboxylic acids is 1. The minimum Gasteiger partial charge on any atom is -0.497 e. The molecule has 0 aliphatic carbocycles. The Morgan fingerprint density at radius 1 is 1.50 bits per heavy atom. The van der Waals surface area contributed by atoms with Gasteiger partial charge in [-0.2, -0.15) is 0 Å². The number of H-pyrrole nitrogens is 1. The number of imidazole rings is 1. The first-order valence-corrected chi connectivity index (χ1v) is 8.23. The van der Waals surface area contributed by atoms with Gasteiger partial charge in [0.25, 0.3) is 5.91 Å². The van der Waals surface area contributed by atoms with Crippen LogP contribution in [0.3, 0.4) is 0 Å². The van der Waals surface area contributed by atoms with Gasteiger partial charge in [0, 0.05) is 31.0 Å². The third kappa shape index (κ3) is 3.28. The second-order valence-electron chi connectivity index (χ2n) is 6.23. The van der Waals surface area contributed by atoms with E-state index in [-0.39, 0.29) is 18.4 Å². The summed E-state index contributed by atoms with van der Waals surface area (Å²) >= 11 is 0. The molecule has 0 bridgehead atoms. The van der Waals surface area contributed by atoms with Crippen molar-refractivity contribution in [3.8, 4) is 17.1 Å². The van der Waals surface area contributed by atoms with Crippen molar-refractivity contribution in [2.24, 2.45) is 5.92 Å². The third-order valence-electron chi connectivity index (χ3n) is 4.49. The molecular weight excluding hydrogens is 306 g/mol. The summed E-state index contributed by atoms with van der Waals surface area (Å²) in [5.41, 5.74) is 2.08. The number of likely N-dealkylation sites (tertiary alicyclic amines) is 1. The van der Waals surface area contributed by atoms with Gasteiger partial charge in [-0.3, -0.25) is 4.79 Å². The van der Waals surface area contributed by atoms with Gasteiger partial charge in [0.2, 0.25) is 0 Å². The molecular formula is C18H23N3O3. The highest BCUT2D eigenvalue weighted by Gasteiger charge is 2.27. The Morgan fingerprint density at radius 2 is 2.33 bits per heavy atom. The quantitative estimate of drug-likeness (QED) is 0.902. The van der Waals surface area contributed by atoms with Gasteiger partial charge in [-0.15, -0.1) is 0 Å². The van der Waals surface area contributed by atoms with Crippen molar-refractivity contribution in [3.05, 3.63) is 35.7 Å². The molecule has 0 spiro atoms. The molecule has 0 saturated carbocycles. The highest BCUT2D eigenvalue weighted by atomic mass is 16.5. The van der Waals surface area contributed by atoms with E-state index in [1.165, 1.54) is 0 Å². The van der Waals surface area contributed by atoms with Gasteiger partial charge in [0.1, 0.15) is 17.3 Å². The molecule has 128 valence electrons. The van der Waals surface area contributed by atoms with Crippen LogP contribution in [-0.4, -0.2) is 52.7 Å². The maximum atomic E-state index is 12.8. The van der Waals surface area contributed by atoms with Crippen molar-refractivity contribution in [1.29, 1.82) is 0 Å². The molecule has 1 aliphatic heterocycles. The standard InChI is InChI=1S/C18H23N3O3/c1-12-16(18(23)21-8-4-5-13(10-21)11-22)20-17(19-12)14-6-3-7-15(9-14)24-2/h3,6-7,9,13,22H,4-5,8,10-11H2,1-2H3,(H,19,20). The first kappa shape index (κ1) is 16.5. The van der Waals surface area contributed by atoms with Crippen LogP contribution in [0.15, 0.2) is 24.3 Å². The number of piperidine rings is 1. The summed E-state index contributed by atoms with van der Waals surface area (Å²) in [5.74, 6) is 1.50. The van der Waals surface area contributed by atoms with Crippen LogP contribution in [0.1, 0.15) is 29.0 Å². The lowest BCUT2D eigenvalue weighted by atomic mass is 9.99. The highest BCUT2D eigenvalue weighted by molar-refractivity contribution is 5.94. The summed E-state index contributed by atoms with van der Waals surface area (Å²) in [6, 6.07) is 7.57. The molecule has 2 aromatic rings. The van der Waals surface area contributed by atoms with Gasteiger partial charge in [-0.05, 0) is 37.8 Å². The van der Waals surface area contributed by atoms with Gasteiger partial charge in [0.05, 0.1) is 7.11 Å². The maximum absolute atomic E-state index is 12.8. The van der Waals surface area contributed by atoms with Crippen LogP contribution in [0.2, 0.25) is 0 Å². The number of aryl methyl sites for hydroxylation is 1. The van der Waals surface area contributed by atoms with Crippen molar-refractivity contribution < 1.29 is 14.6 Å². The van der Waals surface area contributed by atoms with E-state index in [4.69, 9.17) is 4.74 Å². The van der Waals surface area contributed by atoms with Gasteiger partial charge in [0.15, 0.2) is 0 Å². The van der Waals surface area contributed by atoms with E-state index in [9.17, 15) is 9.90 Å². The van der Waals surface area contributed by atoms with E-state index in [2.05, 4.69) is 9.97 Å².